The number of nitrogens with one attached hydrogen (secondary N) is 1. The molecule has 1 saturated carbocycles. The molecule has 26 heavy (non-hydrogen) atoms. The van der Waals surface area contributed by atoms with E-state index in [9.17, 15) is 9.59 Å². The number of aryl methyl sites for hydroxylation is 1. The average Bonchev–Trinajstić information content (AvgIpc) is 3.33. The van der Waals surface area contributed by atoms with Gasteiger partial charge in [0.2, 0.25) is 5.91 Å². The van der Waals surface area contributed by atoms with Crippen molar-refractivity contribution in [2.75, 3.05) is 13.2 Å². The first kappa shape index (κ1) is 16.7. The van der Waals surface area contributed by atoms with Crippen molar-refractivity contribution in [3.63, 3.8) is 0 Å². The van der Waals surface area contributed by atoms with Crippen LogP contribution in [-0.2, 0) is 17.8 Å². The van der Waals surface area contributed by atoms with E-state index in [4.69, 9.17) is 9.15 Å². The molecule has 6 nitrogen and oxygen atoms in total. The van der Waals surface area contributed by atoms with Crippen LogP contribution in [0.5, 0.6) is 5.75 Å². The first-order chi connectivity index (χ1) is 12.7. The summed E-state index contributed by atoms with van der Waals surface area (Å²) in [5.74, 6) is 1.10. The largest absolute Gasteiger partial charge is 0.491 e. The zero-order chi connectivity index (χ0) is 17.9. The number of carbonyl (C=O) groups is 2. The Morgan fingerprint density at radius 1 is 1.23 bits per heavy atom. The maximum absolute atomic E-state index is 12.6. The number of benzene rings is 1. The number of hydrogen-bond acceptors (Lipinski definition) is 4. The molecule has 2 aliphatic rings. The van der Waals surface area contributed by atoms with Gasteiger partial charge in [0.15, 0.2) is 5.76 Å². The number of amides is 2. The zero-order valence-electron chi connectivity index (χ0n) is 14.6. The third-order valence-corrected chi connectivity index (χ3v) is 4.71. The van der Waals surface area contributed by atoms with Crippen LogP contribution in [0.4, 0.5) is 0 Å². The van der Waals surface area contributed by atoms with Gasteiger partial charge in [0, 0.05) is 24.6 Å². The van der Waals surface area contributed by atoms with Gasteiger partial charge in [-0.15, -0.1) is 0 Å². The smallest absolute Gasteiger partial charge is 0.289 e. The summed E-state index contributed by atoms with van der Waals surface area (Å²) < 4.78 is 11.0. The molecular formula is C20H22N2O4. The summed E-state index contributed by atoms with van der Waals surface area (Å²) in [5.41, 5.74) is 2.04. The Labute approximate surface area is 152 Å². The minimum atomic E-state index is -0.138. The van der Waals surface area contributed by atoms with Gasteiger partial charge in [-0.3, -0.25) is 9.59 Å². The summed E-state index contributed by atoms with van der Waals surface area (Å²) in [4.78, 5) is 26.2. The highest BCUT2D eigenvalue weighted by Crippen LogP contribution is 2.26. The van der Waals surface area contributed by atoms with E-state index in [2.05, 4.69) is 5.32 Å². The number of furan rings is 1. The van der Waals surface area contributed by atoms with Gasteiger partial charge >= 0.3 is 0 Å². The van der Waals surface area contributed by atoms with E-state index in [1.54, 1.807) is 17.0 Å². The predicted octanol–water partition coefficient (Wildman–Crippen LogP) is 2.53. The van der Waals surface area contributed by atoms with Gasteiger partial charge in [-0.2, -0.15) is 0 Å². The van der Waals surface area contributed by atoms with E-state index in [0.29, 0.717) is 44.3 Å². The summed E-state index contributed by atoms with van der Waals surface area (Å²) in [5, 5.41) is 3.01. The maximum Gasteiger partial charge on any atom is 0.289 e. The van der Waals surface area contributed by atoms with E-state index >= 15 is 0 Å². The molecule has 2 heterocycles. The van der Waals surface area contributed by atoms with E-state index in [0.717, 1.165) is 29.7 Å². The quantitative estimate of drug-likeness (QED) is 0.896. The third-order valence-electron chi connectivity index (χ3n) is 4.71. The van der Waals surface area contributed by atoms with Crippen LogP contribution in [0.2, 0.25) is 0 Å². The van der Waals surface area contributed by atoms with E-state index < -0.39 is 0 Å². The molecule has 1 aromatic carbocycles. The second-order valence-electron chi connectivity index (χ2n) is 6.84. The lowest BCUT2D eigenvalue weighted by Gasteiger charge is -2.18. The van der Waals surface area contributed by atoms with E-state index in [1.807, 2.05) is 18.2 Å². The molecule has 1 N–H and O–H groups in total. The van der Waals surface area contributed by atoms with Crippen molar-refractivity contribution in [3.8, 4) is 5.75 Å². The second-order valence-corrected chi connectivity index (χ2v) is 6.84. The summed E-state index contributed by atoms with van der Waals surface area (Å²) >= 11 is 0. The summed E-state index contributed by atoms with van der Waals surface area (Å²) in [6.45, 7) is 1.42. The van der Waals surface area contributed by atoms with Crippen molar-refractivity contribution in [1.82, 2.24) is 10.2 Å². The Hall–Kier alpha value is -2.76. The van der Waals surface area contributed by atoms with Crippen LogP contribution in [0.3, 0.4) is 0 Å². The Balaban J connectivity index is 1.43. The summed E-state index contributed by atoms with van der Waals surface area (Å²) in [6.07, 6.45) is 4.85. The topological polar surface area (TPSA) is 71.8 Å². The summed E-state index contributed by atoms with van der Waals surface area (Å²) in [7, 11) is 0. The lowest BCUT2D eigenvalue weighted by Crippen LogP contribution is -2.32. The fourth-order valence-electron chi connectivity index (χ4n) is 3.12. The Morgan fingerprint density at radius 2 is 2.12 bits per heavy atom. The van der Waals surface area contributed by atoms with Gasteiger partial charge in [0.25, 0.3) is 5.91 Å². The first-order valence-corrected chi connectivity index (χ1v) is 9.06. The molecule has 0 unspecified atom stereocenters. The van der Waals surface area contributed by atoms with Crippen LogP contribution in [0.25, 0.3) is 0 Å². The maximum atomic E-state index is 12.6. The molecule has 1 aliphatic heterocycles. The molecule has 0 saturated heterocycles. The van der Waals surface area contributed by atoms with Crippen LogP contribution in [0, 0.1) is 0 Å². The van der Waals surface area contributed by atoms with Crippen molar-refractivity contribution in [2.45, 2.75) is 38.3 Å². The lowest BCUT2D eigenvalue weighted by atomic mass is 10.0. The number of carbonyl (C=O) groups excluding carboxylic acids is 2. The highest BCUT2D eigenvalue weighted by Gasteiger charge is 2.24. The molecule has 6 heteroatoms. The van der Waals surface area contributed by atoms with Crippen LogP contribution in [0.15, 0.2) is 41.0 Å². The second kappa shape index (κ2) is 7.23. The predicted molar refractivity (Wildman–Crippen MR) is 94.9 cm³/mol. The first-order valence-electron chi connectivity index (χ1n) is 9.06. The van der Waals surface area contributed by atoms with Crippen LogP contribution in [0.1, 0.15) is 40.9 Å². The molecule has 1 fully saturated rings. The van der Waals surface area contributed by atoms with Gasteiger partial charge in [-0.1, -0.05) is 12.1 Å². The molecule has 0 atom stereocenters. The molecule has 1 aliphatic carbocycles. The Morgan fingerprint density at radius 3 is 2.88 bits per heavy atom. The van der Waals surface area contributed by atoms with Crippen molar-refractivity contribution >= 4 is 11.8 Å². The van der Waals surface area contributed by atoms with Gasteiger partial charge in [-0.25, -0.2) is 0 Å². The van der Waals surface area contributed by atoms with E-state index in [1.165, 1.54) is 6.26 Å². The van der Waals surface area contributed by atoms with Crippen LogP contribution < -0.4 is 10.1 Å². The molecule has 0 radical (unpaired) electrons. The molecule has 136 valence electrons. The molecule has 2 amide bonds. The summed E-state index contributed by atoms with van der Waals surface area (Å²) in [6, 6.07) is 9.74. The Bertz CT molecular complexity index is 796. The minimum Gasteiger partial charge on any atom is -0.491 e. The molecule has 0 spiro atoms. The van der Waals surface area contributed by atoms with Gasteiger partial charge in [0.05, 0.1) is 12.8 Å². The molecular weight excluding hydrogens is 332 g/mol. The van der Waals surface area contributed by atoms with Crippen LogP contribution >= 0.6 is 0 Å². The third kappa shape index (κ3) is 3.90. The number of rotatable bonds is 5. The van der Waals surface area contributed by atoms with Crippen molar-refractivity contribution < 1.29 is 18.7 Å². The standard InChI is InChI=1S/C20H22N2O4/c23-19(21-16-5-6-16)8-4-14-3-7-17-15(12-14)13-22(9-11-26-17)20(24)18-2-1-10-25-18/h1-3,7,10,12,16H,4-6,8-9,11,13H2,(H,21,23). The zero-order valence-corrected chi connectivity index (χ0v) is 14.6. The van der Waals surface area contributed by atoms with Gasteiger partial charge in [0.1, 0.15) is 12.4 Å². The fraction of sp³-hybridized carbons (Fsp3) is 0.400. The number of ether oxygens (including phenoxy) is 1. The van der Waals surface area contributed by atoms with Crippen molar-refractivity contribution in [1.29, 1.82) is 0 Å². The van der Waals surface area contributed by atoms with Gasteiger partial charge < -0.3 is 19.4 Å². The fourth-order valence-corrected chi connectivity index (χ4v) is 3.12. The molecule has 1 aromatic heterocycles. The van der Waals surface area contributed by atoms with Crippen molar-refractivity contribution in [2.24, 2.45) is 0 Å². The van der Waals surface area contributed by atoms with Crippen molar-refractivity contribution in [3.05, 3.63) is 53.5 Å². The number of hydrogen-bond donors (Lipinski definition) is 1. The number of fused-ring (bicyclic) bond motifs is 1. The Kier molecular flexibility index (Phi) is 4.65. The normalized spacial score (nSPS) is 16.4. The monoisotopic (exact) mass is 354 g/mol. The molecule has 0 bridgehead atoms. The lowest BCUT2D eigenvalue weighted by molar-refractivity contribution is -0.121. The molecule has 2 aromatic rings. The highest BCUT2D eigenvalue weighted by molar-refractivity contribution is 5.91. The van der Waals surface area contributed by atoms with Gasteiger partial charge in [-0.05, 0) is 43.0 Å². The van der Waals surface area contributed by atoms with Crippen LogP contribution in [-0.4, -0.2) is 35.9 Å². The minimum absolute atomic E-state index is 0.105. The number of nitrogens with zero attached hydrogens (tertiary/aromatic N) is 1. The van der Waals surface area contributed by atoms with E-state index in [-0.39, 0.29) is 11.8 Å². The average molecular weight is 354 g/mol. The highest BCUT2D eigenvalue weighted by atomic mass is 16.5. The SMILES string of the molecule is O=C(CCc1ccc2c(c1)CN(C(=O)c1ccco1)CCO2)NC1CC1. The molecule has 4 rings (SSSR count).